The maximum Gasteiger partial charge on any atom is 0.411 e. The molecule has 1 N–H and O–H groups in total. The summed E-state index contributed by atoms with van der Waals surface area (Å²) in [5.41, 5.74) is -0.649. The van der Waals surface area contributed by atoms with E-state index in [-0.39, 0.29) is 6.42 Å². The van der Waals surface area contributed by atoms with Gasteiger partial charge >= 0.3 is 12.1 Å². The third-order valence-electron chi connectivity index (χ3n) is 3.10. The Morgan fingerprint density at radius 3 is 2.37 bits per heavy atom. The number of likely N-dealkylation sites (tertiary alicyclic amines) is 1. The molecule has 19 heavy (non-hydrogen) atoms. The molecule has 0 bridgehead atoms. The highest BCUT2D eigenvalue weighted by molar-refractivity contribution is 5.82. The van der Waals surface area contributed by atoms with Crippen LogP contribution in [0.25, 0.3) is 0 Å². The van der Waals surface area contributed by atoms with Crippen molar-refractivity contribution in [3.05, 3.63) is 0 Å². The number of aliphatic hydroxyl groups excluding tert-OH is 1. The maximum atomic E-state index is 12.2. The number of aliphatic hydroxyl groups is 1. The Hall–Kier alpha value is -1.30. The Labute approximate surface area is 113 Å². The highest BCUT2D eigenvalue weighted by Gasteiger charge is 2.47. The van der Waals surface area contributed by atoms with Crippen LogP contribution < -0.4 is 0 Å². The van der Waals surface area contributed by atoms with Gasteiger partial charge in [0.25, 0.3) is 0 Å². The van der Waals surface area contributed by atoms with E-state index in [1.807, 2.05) is 6.92 Å². The number of esters is 1. The van der Waals surface area contributed by atoms with Gasteiger partial charge in [-0.3, -0.25) is 4.90 Å². The Kier molecular flexibility index (Phi) is 4.79. The van der Waals surface area contributed by atoms with Gasteiger partial charge in [-0.25, -0.2) is 9.59 Å². The van der Waals surface area contributed by atoms with Gasteiger partial charge in [0.1, 0.15) is 11.6 Å². The summed E-state index contributed by atoms with van der Waals surface area (Å²) >= 11 is 0. The second-order valence-electron chi connectivity index (χ2n) is 5.71. The Morgan fingerprint density at radius 2 is 1.95 bits per heavy atom. The maximum absolute atomic E-state index is 12.2. The van der Waals surface area contributed by atoms with Crippen molar-refractivity contribution in [1.82, 2.24) is 4.90 Å². The lowest BCUT2D eigenvalue weighted by Crippen LogP contribution is -2.48. The highest BCUT2D eigenvalue weighted by atomic mass is 16.6. The van der Waals surface area contributed by atoms with Crippen molar-refractivity contribution in [2.24, 2.45) is 0 Å². The van der Waals surface area contributed by atoms with Crippen molar-refractivity contribution in [2.45, 2.75) is 64.3 Å². The Morgan fingerprint density at radius 1 is 1.37 bits per heavy atom. The zero-order valence-electron chi connectivity index (χ0n) is 12.2. The summed E-state index contributed by atoms with van der Waals surface area (Å²) in [6, 6.07) is -1.20. The summed E-state index contributed by atoms with van der Waals surface area (Å²) in [7, 11) is 1.27. The van der Waals surface area contributed by atoms with Crippen LogP contribution in [0.3, 0.4) is 0 Å². The van der Waals surface area contributed by atoms with Gasteiger partial charge in [0.15, 0.2) is 0 Å². The molecule has 1 amide bonds. The molecule has 0 spiro atoms. The molecule has 3 atom stereocenters. The van der Waals surface area contributed by atoms with Gasteiger partial charge in [-0.15, -0.1) is 0 Å². The van der Waals surface area contributed by atoms with Crippen molar-refractivity contribution in [3.8, 4) is 0 Å². The number of amides is 1. The fourth-order valence-electron chi connectivity index (χ4n) is 2.31. The van der Waals surface area contributed by atoms with Gasteiger partial charge < -0.3 is 14.6 Å². The molecule has 1 aliphatic heterocycles. The molecule has 0 aromatic rings. The first kappa shape index (κ1) is 15.8. The number of methoxy groups -OCH3 is 1. The molecule has 1 fully saturated rings. The third-order valence-corrected chi connectivity index (χ3v) is 3.10. The standard InChI is InChI=1S/C13H23NO5/c1-6-8-10(15)7-9(11(16)18-5)14(8)12(17)19-13(2,3)4/h8-10,15H,6-7H2,1-5H3/t8-,9?,10?/m0/s1. The lowest BCUT2D eigenvalue weighted by atomic mass is 10.1. The van der Waals surface area contributed by atoms with Crippen molar-refractivity contribution in [3.63, 3.8) is 0 Å². The minimum absolute atomic E-state index is 0.185. The van der Waals surface area contributed by atoms with E-state index in [9.17, 15) is 14.7 Å². The number of carbonyl (C=O) groups is 2. The quantitative estimate of drug-likeness (QED) is 0.768. The summed E-state index contributed by atoms with van der Waals surface area (Å²) in [6.45, 7) is 7.12. The highest BCUT2D eigenvalue weighted by Crippen LogP contribution is 2.29. The molecule has 0 saturated carbocycles. The normalized spacial score (nSPS) is 27.3. The second kappa shape index (κ2) is 5.77. The molecule has 0 radical (unpaired) electrons. The van der Waals surface area contributed by atoms with E-state index in [1.165, 1.54) is 12.0 Å². The van der Waals surface area contributed by atoms with Crippen molar-refractivity contribution >= 4 is 12.1 Å². The number of hydrogen-bond donors (Lipinski definition) is 1. The van der Waals surface area contributed by atoms with Gasteiger partial charge in [-0.2, -0.15) is 0 Å². The van der Waals surface area contributed by atoms with E-state index < -0.39 is 35.9 Å². The number of rotatable bonds is 2. The zero-order chi connectivity index (χ0) is 14.8. The predicted molar refractivity (Wildman–Crippen MR) is 68.6 cm³/mol. The first-order chi connectivity index (χ1) is 8.71. The smallest absolute Gasteiger partial charge is 0.411 e. The van der Waals surface area contributed by atoms with Crippen LogP contribution in [-0.2, 0) is 14.3 Å². The van der Waals surface area contributed by atoms with E-state index in [4.69, 9.17) is 4.74 Å². The van der Waals surface area contributed by atoms with E-state index in [0.29, 0.717) is 6.42 Å². The van der Waals surface area contributed by atoms with Gasteiger partial charge in [0.2, 0.25) is 0 Å². The molecule has 1 rings (SSSR count). The molecule has 6 heteroatoms. The van der Waals surface area contributed by atoms with Crippen LogP contribution in [0.1, 0.15) is 40.5 Å². The summed E-state index contributed by atoms with van der Waals surface area (Å²) in [5.74, 6) is -0.527. The van der Waals surface area contributed by atoms with Gasteiger partial charge in [0, 0.05) is 6.42 Å². The van der Waals surface area contributed by atoms with Crippen molar-refractivity contribution < 1.29 is 24.2 Å². The number of nitrogens with zero attached hydrogens (tertiary/aromatic N) is 1. The minimum atomic E-state index is -0.778. The molecule has 1 heterocycles. The van der Waals surface area contributed by atoms with Crippen LogP contribution in [0.4, 0.5) is 4.79 Å². The number of hydrogen-bond acceptors (Lipinski definition) is 5. The van der Waals surface area contributed by atoms with Gasteiger partial charge in [0.05, 0.1) is 19.3 Å². The summed E-state index contributed by atoms with van der Waals surface area (Å²) in [4.78, 5) is 25.2. The molecule has 6 nitrogen and oxygen atoms in total. The lowest BCUT2D eigenvalue weighted by Gasteiger charge is -2.31. The Bertz CT molecular complexity index is 349. The minimum Gasteiger partial charge on any atom is -0.467 e. The lowest BCUT2D eigenvalue weighted by molar-refractivity contribution is -0.146. The first-order valence-corrected chi connectivity index (χ1v) is 6.48. The first-order valence-electron chi connectivity index (χ1n) is 6.48. The molecule has 0 aromatic heterocycles. The average Bonchev–Trinajstić information content (AvgIpc) is 2.62. The van der Waals surface area contributed by atoms with Crippen molar-refractivity contribution in [2.75, 3.05) is 7.11 Å². The molecule has 1 aliphatic rings. The molecule has 110 valence electrons. The van der Waals surface area contributed by atoms with E-state index >= 15 is 0 Å². The fourth-order valence-corrected chi connectivity index (χ4v) is 2.31. The van der Waals surface area contributed by atoms with Crippen LogP contribution in [0.15, 0.2) is 0 Å². The summed E-state index contributed by atoms with van der Waals surface area (Å²) in [5, 5.41) is 9.96. The van der Waals surface area contributed by atoms with Crippen molar-refractivity contribution in [1.29, 1.82) is 0 Å². The largest absolute Gasteiger partial charge is 0.467 e. The number of carbonyl (C=O) groups excluding carboxylic acids is 2. The summed E-state index contributed by atoms with van der Waals surface area (Å²) in [6.07, 6.45) is -0.592. The molecule has 2 unspecified atom stereocenters. The monoisotopic (exact) mass is 273 g/mol. The van der Waals surface area contributed by atoms with Crippen LogP contribution in [-0.4, -0.2) is 53.0 Å². The van der Waals surface area contributed by atoms with Crippen LogP contribution in [0.2, 0.25) is 0 Å². The molecule has 0 aliphatic carbocycles. The van der Waals surface area contributed by atoms with E-state index in [2.05, 4.69) is 4.74 Å². The average molecular weight is 273 g/mol. The molecular formula is C13H23NO5. The third kappa shape index (κ3) is 3.59. The number of ether oxygens (including phenoxy) is 2. The van der Waals surface area contributed by atoms with E-state index in [0.717, 1.165) is 0 Å². The SMILES string of the molecule is CC[C@H]1C(O)CC(C(=O)OC)N1C(=O)OC(C)(C)C. The van der Waals surface area contributed by atoms with Gasteiger partial charge in [-0.1, -0.05) is 6.92 Å². The zero-order valence-corrected chi connectivity index (χ0v) is 12.2. The van der Waals surface area contributed by atoms with E-state index in [1.54, 1.807) is 20.8 Å². The topological polar surface area (TPSA) is 76.1 Å². The fraction of sp³-hybridized carbons (Fsp3) is 0.846. The van der Waals surface area contributed by atoms with Gasteiger partial charge in [-0.05, 0) is 27.2 Å². The molecular weight excluding hydrogens is 250 g/mol. The molecule has 0 aromatic carbocycles. The van der Waals surface area contributed by atoms with Crippen LogP contribution >= 0.6 is 0 Å². The second-order valence-corrected chi connectivity index (χ2v) is 5.71. The van der Waals surface area contributed by atoms with Crippen LogP contribution in [0.5, 0.6) is 0 Å². The predicted octanol–water partition coefficient (Wildman–Crippen LogP) is 1.31. The Balaban J connectivity index is 2.95. The molecule has 1 saturated heterocycles. The summed E-state index contributed by atoms with van der Waals surface area (Å²) < 4.78 is 9.98. The van der Waals surface area contributed by atoms with Crippen LogP contribution in [0, 0.1) is 0 Å².